The quantitative estimate of drug-likeness (QED) is 0.0980. The van der Waals surface area contributed by atoms with E-state index in [1.54, 1.807) is 20.4 Å². The molecule has 2 amide bonds. The molecule has 13 heteroatoms. The van der Waals surface area contributed by atoms with E-state index in [1.807, 2.05) is 60.7 Å². The number of ether oxygens (including phenoxy) is 2. The van der Waals surface area contributed by atoms with Gasteiger partial charge in [0.15, 0.2) is 0 Å². The monoisotopic (exact) mass is 772 g/mol. The van der Waals surface area contributed by atoms with Gasteiger partial charge in [-0.15, -0.1) is 0 Å². The smallest absolute Gasteiger partial charge is 0.220 e. The summed E-state index contributed by atoms with van der Waals surface area (Å²) in [6.45, 7) is 2.44. The molecule has 0 radical (unpaired) electrons. The van der Waals surface area contributed by atoms with Crippen LogP contribution in [0.5, 0.6) is 11.5 Å². The number of amides is 2. The van der Waals surface area contributed by atoms with Crippen LogP contribution in [-0.4, -0.2) is 61.2 Å². The van der Waals surface area contributed by atoms with Crippen molar-refractivity contribution in [3.8, 4) is 45.1 Å². The Labute approximate surface area is 322 Å². The van der Waals surface area contributed by atoms with Crippen LogP contribution in [0.15, 0.2) is 66.9 Å². The van der Waals surface area contributed by atoms with Gasteiger partial charge in [0.25, 0.3) is 0 Å². The van der Waals surface area contributed by atoms with Gasteiger partial charge < -0.3 is 30.7 Å². The van der Waals surface area contributed by atoms with Crippen LogP contribution in [0.1, 0.15) is 36.8 Å². The molecule has 2 atom stereocenters. The lowest BCUT2D eigenvalue weighted by molar-refractivity contribution is -0.120. The molecule has 2 saturated heterocycles. The van der Waals surface area contributed by atoms with Crippen molar-refractivity contribution in [1.29, 1.82) is 0 Å². The lowest BCUT2D eigenvalue weighted by Crippen LogP contribution is -2.35. The number of nitrogens with zero attached hydrogens (tertiary/aromatic N) is 2. The average Bonchev–Trinajstić information content (AvgIpc) is 3.78. The molecule has 4 heterocycles. The Morgan fingerprint density at radius 1 is 0.774 bits per heavy atom. The number of carbonyl (C=O) groups is 2. The Morgan fingerprint density at radius 3 is 2.11 bits per heavy atom. The largest absolute Gasteiger partial charge is 0.496 e. The average molecular weight is 774 g/mol. The highest BCUT2D eigenvalue weighted by atomic mass is 35.5. The Kier molecular flexibility index (Phi) is 11.3. The Bertz CT molecular complexity index is 2200. The lowest BCUT2D eigenvalue weighted by atomic mass is 9.99. The number of carbonyl (C=O) groups excluding carboxylic acids is 2. The zero-order valence-electron chi connectivity index (χ0n) is 29.3. The molecule has 10 nitrogen and oxygen atoms in total. The van der Waals surface area contributed by atoms with Crippen LogP contribution in [0.2, 0.25) is 15.1 Å². The molecule has 2 fully saturated rings. The fraction of sp³-hybridized carbons (Fsp3) is 0.300. The molecular formula is C40H39Cl3N6O4. The first-order valence-corrected chi connectivity index (χ1v) is 18.6. The van der Waals surface area contributed by atoms with E-state index in [0.29, 0.717) is 82.5 Å². The number of hydrogen-bond acceptors (Lipinski definition) is 8. The van der Waals surface area contributed by atoms with Gasteiger partial charge in [-0.05, 0) is 43.2 Å². The molecule has 5 aromatic rings. The fourth-order valence-corrected chi connectivity index (χ4v) is 7.98. The van der Waals surface area contributed by atoms with E-state index in [2.05, 4.69) is 26.3 Å². The molecule has 0 unspecified atom stereocenters. The van der Waals surface area contributed by atoms with Crippen molar-refractivity contribution in [3.05, 3.63) is 93.1 Å². The predicted molar refractivity (Wildman–Crippen MR) is 210 cm³/mol. The van der Waals surface area contributed by atoms with Crippen molar-refractivity contribution in [2.45, 2.75) is 50.9 Å². The second-order valence-electron chi connectivity index (χ2n) is 13.2. The van der Waals surface area contributed by atoms with Crippen molar-refractivity contribution >= 4 is 57.5 Å². The van der Waals surface area contributed by atoms with E-state index in [1.165, 1.54) is 0 Å². The second-order valence-corrected chi connectivity index (χ2v) is 14.4. The van der Waals surface area contributed by atoms with Gasteiger partial charge in [0.1, 0.15) is 11.5 Å². The van der Waals surface area contributed by atoms with Gasteiger partial charge in [0, 0.05) is 96.1 Å². The van der Waals surface area contributed by atoms with E-state index in [0.717, 1.165) is 51.6 Å². The van der Waals surface area contributed by atoms with Crippen molar-refractivity contribution < 1.29 is 19.1 Å². The van der Waals surface area contributed by atoms with E-state index >= 15 is 0 Å². The zero-order valence-corrected chi connectivity index (χ0v) is 31.6. The van der Waals surface area contributed by atoms with Gasteiger partial charge >= 0.3 is 0 Å². The molecule has 2 aliphatic rings. The Hall–Kier alpha value is -4.45. The van der Waals surface area contributed by atoms with Crippen LogP contribution in [0.25, 0.3) is 44.5 Å². The zero-order chi connectivity index (χ0) is 37.1. The molecule has 2 aliphatic heterocycles. The Morgan fingerprint density at radius 2 is 1.45 bits per heavy atom. The number of methoxy groups -OCH3 is 2. The first kappa shape index (κ1) is 36.9. The molecule has 7 rings (SSSR count). The number of aromatic nitrogens is 2. The Balaban J connectivity index is 1.13. The first-order chi connectivity index (χ1) is 25.7. The molecule has 2 aromatic heterocycles. The predicted octanol–water partition coefficient (Wildman–Crippen LogP) is 7.34. The molecule has 3 aromatic carbocycles. The van der Waals surface area contributed by atoms with Gasteiger partial charge in [0.2, 0.25) is 11.8 Å². The maximum atomic E-state index is 11.6. The van der Waals surface area contributed by atoms with Crippen LogP contribution in [0.3, 0.4) is 0 Å². The fourth-order valence-electron chi connectivity index (χ4n) is 7.06. The van der Waals surface area contributed by atoms with Crippen molar-refractivity contribution in [2.24, 2.45) is 0 Å². The van der Waals surface area contributed by atoms with E-state index in [-0.39, 0.29) is 23.9 Å². The molecule has 4 N–H and O–H groups in total. The summed E-state index contributed by atoms with van der Waals surface area (Å²) in [6, 6.07) is 19.5. The molecule has 0 saturated carbocycles. The van der Waals surface area contributed by atoms with Crippen LogP contribution in [-0.2, 0) is 22.7 Å². The molecular weight excluding hydrogens is 735 g/mol. The molecule has 274 valence electrons. The number of halogens is 3. The van der Waals surface area contributed by atoms with E-state index < -0.39 is 0 Å². The highest BCUT2D eigenvalue weighted by Gasteiger charge is 2.23. The minimum Gasteiger partial charge on any atom is -0.496 e. The normalized spacial score (nSPS) is 16.9. The summed E-state index contributed by atoms with van der Waals surface area (Å²) in [4.78, 5) is 32.7. The van der Waals surface area contributed by atoms with Crippen LogP contribution in [0, 0.1) is 0 Å². The number of pyridine rings is 2. The minimum absolute atomic E-state index is 0.0882. The highest BCUT2D eigenvalue weighted by molar-refractivity contribution is 6.39. The lowest BCUT2D eigenvalue weighted by Gasteiger charge is -2.17. The van der Waals surface area contributed by atoms with Crippen molar-refractivity contribution in [2.75, 3.05) is 27.3 Å². The van der Waals surface area contributed by atoms with Crippen LogP contribution >= 0.6 is 34.8 Å². The molecule has 0 bridgehead atoms. The first-order valence-electron chi connectivity index (χ1n) is 17.5. The van der Waals surface area contributed by atoms with Crippen molar-refractivity contribution in [1.82, 2.24) is 31.2 Å². The van der Waals surface area contributed by atoms with Gasteiger partial charge in [-0.2, -0.15) is 0 Å². The van der Waals surface area contributed by atoms with E-state index in [4.69, 9.17) is 49.3 Å². The third-order valence-electron chi connectivity index (χ3n) is 9.76. The number of hydrogen-bond donors (Lipinski definition) is 4. The van der Waals surface area contributed by atoms with Gasteiger partial charge in [-0.25, -0.2) is 4.98 Å². The van der Waals surface area contributed by atoms with E-state index in [9.17, 15) is 9.59 Å². The highest BCUT2D eigenvalue weighted by Crippen LogP contribution is 2.43. The van der Waals surface area contributed by atoms with Crippen molar-refractivity contribution in [3.63, 3.8) is 0 Å². The number of rotatable bonds is 13. The third-order valence-corrected chi connectivity index (χ3v) is 10.8. The SMILES string of the molecule is COc1cc(-c2nccc(-c3cccc(-c4ccc5c(OC)c(CNC[C@H]6CCC(=O)N6)cc(Cl)c5n4)c3Cl)c2Cl)ccc1CNC[C@@H]1CCC(=O)N1. The number of fused-ring (bicyclic) bond motifs is 1. The maximum Gasteiger partial charge on any atom is 0.220 e. The summed E-state index contributed by atoms with van der Waals surface area (Å²) < 4.78 is 11.6. The number of benzene rings is 3. The second kappa shape index (κ2) is 16.3. The van der Waals surface area contributed by atoms with Crippen LogP contribution in [0.4, 0.5) is 0 Å². The minimum atomic E-state index is 0.0882. The number of nitrogens with one attached hydrogen (secondary N) is 4. The summed E-state index contributed by atoms with van der Waals surface area (Å²) >= 11 is 21.1. The maximum absolute atomic E-state index is 11.6. The van der Waals surface area contributed by atoms with Gasteiger partial charge in [-0.3, -0.25) is 14.6 Å². The van der Waals surface area contributed by atoms with Gasteiger partial charge in [-0.1, -0.05) is 65.1 Å². The summed E-state index contributed by atoms with van der Waals surface area (Å²) in [6.07, 6.45) is 4.50. The van der Waals surface area contributed by atoms with Gasteiger partial charge in [0.05, 0.1) is 46.2 Å². The molecule has 0 aliphatic carbocycles. The summed E-state index contributed by atoms with van der Waals surface area (Å²) in [5.41, 5.74) is 6.68. The summed E-state index contributed by atoms with van der Waals surface area (Å²) in [5, 5.41) is 15.0. The summed E-state index contributed by atoms with van der Waals surface area (Å²) in [7, 11) is 3.27. The molecule has 53 heavy (non-hydrogen) atoms. The summed E-state index contributed by atoms with van der Waals surface area (Å²) in [5.74, 6) is 1.57. The standard InChI is InChI=1S/C40H39Cl3N6O4/c1-52-33-17-22(6-7-23(33)18-44-20-25-8-12-34(50)47-25)38-37(43)28(14-15-46-38)27-4-3-5-29(36(27)42)32-11-10-30-39(49-32)31(41)16-24(40(30)53-2)19-45-21-26-9-13-35(51)48-26/h3-7,10-11,14-17,25-26,44-45H,8-9,12-13,18-21H2,1-2H3,(H,47,50)(H,48,51)/t25-,26+/m0/s1. The molecule has 0 spiro atoms. The topological polar surface area (TPSA) is 126 Å². The van der Waals surface area contributed by atoms with Crippen LogP contribution < -0.4 is 30.7 Å². The third kappa shape index (κ3) is 7.93.